The Hall–Kier alpha value is -1.03. The van der Waals surface area contributed by atoms with E-state index in [2.05, 4.69) is 17.2 Å². The van der Waals surface area contributed by atoms with Crippen molar-refractivity contribution in [1.29, 1.82) is 0 Å². The highest BCUT2D eigenvalue weighted by Gasteiger charge is 2.25. The van der Waals surface area contributed by atoms with Gasteiger partial charge >= 0.3 is 6.08 Å². The second-order valence-electron chi connectivity index (χ2n) is 5.68. The van der Waals surface area contributed by atoms with Crippen molar-refractivity contribution in [2.24, 2.45) is 5.92 Å². The lowest BCUT2D eigenvalue weighted by molar-refractivity contribution is 0.0707. The predicted octanol–water partition coefficient (Wildman–Crippen LogP) is 2.88. The summed E-state index contributed by atoms with van der Waals surface area (Å²) >= 11 is 0. The van der Waals surface area contributed by atoms with Gasteiger partial charge in [-0.2, -0.15) is 4.98 Å². The van der Waals surface area contributed by atoms with Crippen LogP contribution in [0.2, 0.25) is 0 Å². The fourth-order valence-electron chi connectivity index (χ4n) is 2.55. The van der Waals surface area contributed by atoms with Crippen molar-refractivity contribution < 1.29 is 9.15 Å². The molecule has 0 amide bonds. The van der Waals surface area contributed by atoms with E-state index in [-0.39, 0.29) is 6.10 Å². The summed E-state index contributed by atoms with van der Waals surface area (Å²) in [5, 5.41) is 3.42. The second-order valence-corrected chi connectivity index (χ2v) is 5.68. The molecule has 4 heteroatoms. The molecule has 0 aromatic carbocycles. The van der Waals surface area contributed by atoms with E-state index in [4.69, 9.17) is 9.15 Å². The summed E-state index contributed by atoms with van der Waals surface area (Å²) in [4.78, 5) is 4.39. The third kappa shape index (κ3) is 3.05. The summed E-state index contributed by atoms with van der Waals surface area (Å²) in [6.07, 6.45) is 9.97. The fourth-order valence-corrected chi connectivity index (χ4v) is 2.55. The van der Waals surface area contributed by atoms with Crippen molar-refractivity contribution in [1.82, 2.24) is 10.3 Å². The van der Waals surface area contributed by atoms with Crippen molar-refractivity contribution in [3.8, 4) is 6.08 Å². The Bertz CT molecular complexity index is 387. The van der Waals surface area contributed by atoms with Gasteiger partial charge in [-0.15, -0.1) is 0 Å². The summed E-state index contributed by atoms with van der Waals surface area (Å²) in [5.41, 5.74) is 0.945. The van der Waals surface area contributed by atoms with Gasteiger partial charge in [0.25, 0.3) is 0 Å². The summed E-state index contributed by atoms with van der Waals surface area (Å²) in [6.45, 7) is 3.04. The van der Waals surface area contributed by atoms with E-state index in [9.17, 15) is 0 Å². The predicted molar refractivity (Wildman–Crippen MR) is 68.4 cm³/mol. The molecule has 2 atom stereocenters. The van der Waals surface area contributed by atoms with Gasteiger partial charge in [0.15, 0.2) is 0 Å². The molecular weight excluding hydrogens is 228 g/mol. The fraction of sp³-hybridized carbons (Fsp3) is 0.786. The SMILES string of the molecule is CC1CCCCC1Oc1nc(CNC2CC2)co1. The minimum atomic E-state index is 0.279. The maximum atomic E-state index is 5.87. The van der Waals surface area contributed by atoms with E-state index in [0.29, 0.717) is 18.0 Å². The first-order valence-electron chi connectivity index (χ1n) is 7.16. The van der Waals surface area contributed by atoms with Gasteiger partial charge in [-0.05, 0) is 38.0 Å². The van der Waals surface area contributed by atoms with Crippen LogP contribution in [0, 0.1) is 5.92 Å². The van der Waals surface area contributed by atoms with Crippen molar-refractivity contribution in [3.05, 3.63) is 12.0 Å². The molecular formula is C14H22N2O2. The van der Waals surface area contributed by atoms with E-state index in [1.54, 1.807) is 6.26 Å². The maximum absolute atomic E-state index is 5.87. The first-order valence-corrected chi connectivity index (χ1v) is 7.16. The number of ether oxygens (including phenoxy) is 1. The van der Waals surface area contributed by atoms with Crippen LogP contribution in [0.15, 0.2) is 10.7 Å². The smallest absolute Gasteiger partial charge is 0.394 e. The monoisotopic (exact) mass is 250 g/mol. The van der Waals surface area contributed by atoms with E-state index in [1.807, 2.05) is 0 Å². The van der Waals surface area contributed by atoms with Crippen LogP contribution in [-0.4, -0.2) is 17.1 Å². The Morgan fingerprint density at radius 1 is 1.33 bits per heavy atom. The number of hydrogen-bond donors (Lipinski definition) is 1. The Balaban J connectivity index is 1.51. The number of rotatable bonds is 5. The van der Waals surface area contributed by atoms with Crippen LogP contribution in [0.4, 0.5) is 0 Å². The van der Waals surface area contributed by atoms with Crippen LogP contribution in [0.3, 0.4) is 0 Å². The molecule has 2 aliphatic rings. The first-order chi connectivity index (χ1) is 8.81. The summed E-state index contributed by atoms with van der Waals surface area (Å²) < 4.78 is 11.3. The van der Waals surface area contributed by atoms with Gasteiger partial charge in [-0.25, -0.2) is 0 Å². The number of hydrogen-bond acceptors (Lipinski definition) is 4. The summed E-state index contributed by atoms with van der Waals surface area (Å²) in [5.74, 6) is 0.610. The molecule has 1 aromatic heterocycles. The van der Waals surface area contributed by atoms with Crippen LogP contribution < -0.4 is 10.1 Å². The van der Waals surface area contributed by atoms with E-state index in [1.165, 1.54) is 32.1 Å². The molecule has 1 aromatic rings. The first kappa shape index (κ1) is 12.0. The van der Waals surface area contributed by atoms with Crippen LogP contribution in [-0.2, 0) is 6.54 Å². The molecule has 2 saturated carbocycles. The third-order valence-electron chi connectivity index (χ3n) is 3.96. The Kier molecular flexibility index (Phi) is 3.55. The largest absolute Gasteiger partial charge is 0.447 e. The van der Waals surface area contributed by atoms with Crippen molar-refractivity contribution in [2.45, 2.75) is 64.1 Å². The van der Waals surface area contributed by atoms with Crippen LogP contribution >= 0.6 is 0 Å². The van der Waals surface area contributed by atoms with Gasteiger partial charge < -0.3 is 14.5 Å². The van der Waals surface area contributed by atoms with Gasteiger partial charge in [-0.3, -0.25) is 0 Å². The minimum absolute atomic E-state index is 0.279. The van der Waals surface area contributed by atoms with Crippen LogP contribution in [0.1, 0.15) is 51.1 Å². The van der Waals surface area contributed by atoms with E-state index >= 15 is 0 Å². The lowest BCUT2D eigenvalue weighted by Crippen LogP contribution is -2.28. The van der Waals surface area contributed by atoms with Gasteiger partial charge in [0.05, 0.1) is 5.69 Å². The number of aromatic nitrogens is 1. The van der Waals surface area contributed by atoms with Crippen molar-refractivity contribution in [2.75, 3.05) is 0 Å². The maximum Gasteiger partial charge on any atom is 0.394 e. The van der Waals surface area contributed by atoms with E-state index in [0.717, 1.165) is 18.7 Å². The molecule has 0 radical (unpaired) electrons. The lowest BCUT2D eigenvalue weighted by Gasteiger charge is -2.27. The highest BCUT2D eigenvalue weighted by molar-refractivity contribution is 5.01. The normalized spacial score (nSPS) is 28.3. The molecule has 3 rings (SSSR count). The quantitative estimate of drug-likeness (QED) is 0.873. The Morgan fingerprint density at radius 3 is 2.94 bits per heavy atom. The van der Waals surface area contributed by atoms with Gasteiger partial charge in [-0.1, -0.05) is 13.3 Å². The molecule has 0 saturated heterocycles. The molecule has 0 bridgehead atoms. The Labute approximate surface area is 108 Å². The second kappa shape index (κ2) is 5.31. The van der Waals surface area contributed by atoms with Gasteiger partial charge in [0.1, 0.15) is 12.4 Å². The molecule has 18 heavy (non-hydrogen) atoms. The van der Waals surface area contributed by atoms with Crippen molar-refractivity contribution >= 4 is 0 Å². The minimum Gasteiger partial charge on any atom is -0.447 e. The van der Waals surface area contributed by atoms with Gasteiger partial charge in [0, 0.05) is 12.6 Å². The molecule has 2 unspecified atom stereocenters. The highest BCUT2D eigenvalue weighted by Crippen LogP contribution is 2.27. The molecule has 0 spiro atoms. The van der Waals surface area contributed by atoms with Crippen LogP contribution in [0.5, 0.6) is 6.08 Å². The zero-order chi connectivity index (χ0) is 12.4. The van der Waals surface area contributed by atoms with Crippen molar-refractivity contribution in [3.63, 3.8) is 0 Å². The molecule has 2 aliphatic carbocycles. The molecule has 2 fully saturated rings. The number of nitrogens with zero attached hydrogens (tertiary/aromatic N) is 1. The number of oxazole rings is 1. The third-order valence-corrected chi connectivity index (χ3v) is 3.96. The average molecular weight is 250 g/mol. The molecule has 1 N–H and O–H groups in total. The Morgan fingerprint density at radius 2 is 2.17 bits per heavy atom. The van der Waals surface area contributed by atoms with Crippen LogP contribution in [0.25, 0.3) is 0 Å². The zero-order valence-corrected chi connectivity index (χ0v) is 11.0. The molecule has 1 heterocycles. The zero-order valence-electron chi connectivity index (χ0n) is 11.0. The van der Waals surface area contributed by atoms with E-state index < -0.39 is 0 Å². The molecule has 0 aliphatic heterocycles. The summed E-state index contributed by atoms with van der Waals surface area (Å²) in [6, 6.07) is 0.699. The standard InChI is InChI=1S/C14H22N2O2/c1-10-4-2-3-5-13(10)18-14-16-12(9-17-14)8-15-11-6-7-11/h9-11,13,15H,2-8H2,1H3. The number of nitrogens with one attached hydrogen (secondary N) is 1. The highest BCUT2D eigenvalue weighted by atomic mass is 16.6. The average Bonchev–Trinajstić information content (AvgIpc) is 3.10. The van der Waals surface area contributed by atoms with Gasteiger partial charge in [0.2, 0.25) is 0 Å². The lowest BCUT2D eigenvalue weighted by atomic mass is 9.88. The molecule has 4 nitrogen and oxygen atoms in total. The molecule has 100 valence electrons. The summed E-state index contributed by atoms with van der Waals surface area (Å²) in [7, 11) is 0. The topological polar surface area (TPSA) is 47.3 Å².